The predicted molar refractivity (Wildman–Crippen MR) is 123 cm³/mol. The third kappa shape index (κ3) is 3.36. The van der Waals surface area contributed by atoms with E-state index in [1.54, 1.807) is 14.0 Å². The van der Waals surface area contributed by atoms with Crippen LogP contribution in [0.4, 0.5) is 0 Å². The second-order valence-corrected chi connectivity index (χ2v) is 8.70. The van der Waals surface area contributed by atoms with Crippen molar-refractivity contribution >= 4 is 5.97 Å². The summed E-state index contributed by atoms with van der Waals surface area (Å²) < 4.78 is 9.44. The van der Waals surface area contributed by atoms with Gasteiger partial charge in [0.05, 0.1) is 25.5 Å². The van der Waals surface area contributed by atoms with E-state index in [1.807, 2.05) is 41.7 Å². The molecule has 0 radical (unpaired) electrons. The largest absolute Gasteiger partial charge is 0.496 e. The van der Waals surface area contributed by atoms with Gasteiger partial charge in [0.25, 0.3) is 0 Å². The number of ether oxygens (including phenoxy) is 1. The standard InChI is InChI=1S/C24H28N4O4/c1-13(2)26-10-17(9-25-26)18-7-16-11-27(14(3)4)28-12-20(24(30)31)23(29)15(5)22(28)19(16)8-21(18)32-6/h7-10,12-14H,11H2,1-6H3,(H,30,31). The Hall–Kier alpha value is -3.55. The molecule has 0 saturated heterocycles. The first-order valence-corrected chi connectivity index (χ1v) is 10.7. The Morgan fingerprint density at radius 1 is 1.12 bits per heavy atom. The van der Waals surface area contributed by atoms with Crippen LogP contribution in [0, 0.1) is 6.92 Å². The number of pyridine rings is 1. The molecule has 3 aromatic rings. The Balaban J connectivity index is 1.99. The number of benzene rings is 1. The molecule has 2 aromatic heterocycles. The first kappa shape index (κ1) is 21.7. The molecule has 8 heteroatoms. The lowest BCUT2D eigenvalue weighted by Crippen LogP contribution is -2.44. The third-order valence-electron chi connectivity index (χ3n) is 5.98. The van der Waals surface area contributed by atoms with Crippen molar-refractivity contribution in [3.63, 3.8) is 0 Å². The van der Waals surface area contributed by atoms with Gasteiger partial charge in [-0.2, -0.15) is 5.10 Å². The molecule has 0 bridgehead atoms. The number of carboxylic acid groups (broad SMARTS) is 1. The van der Waals surface area contributed by atoms with Gasteiger partial charge in [0.2, 0.25) is 0 Å². The molecule has 1 N–H and O–H groups in total. The van der Waals surface area contributed by atoms with E-state index in [1.165, 1.54) is 6.20 Å². The number of methoxy groups -OCH3 is 1. The second kappa shape index (κ2) is 7.85. The van der Waals surface area contributed by atoms with Gasteiger partial charge < -0.3 is 14.9 Å². The monoisotopic (exact) mass is 436 g/mol. The predicted octanol–water partition coefficient (Wildman–Crippen LogP) is 3.83. The maximum atomic E-state index is 12.8. The number of carbonyl (C=O) groups is 1. The number of aromatic carboxylic acids is 1. The van der Waals surface area contributed by atoms with E-state index in [2.05, 4.69) is 30.0 Å². The summed E-state index contributed by atoms with van der Waals surface area (Å²) >= 11 is 0. The fourth-order valence-electron chi connectivity index (χ4n) is 4.22. The second-order valence-electron chi connectivity index (χ2n) is 8.70. The molecule has 1 aromatic carbocycles. The van der Waals surface area contributed by atoms with Gasteiger partial charge in [0.15, 0.2) is 5.43 Å². The molecule has 4 rings (SSSR count). The summed E-state index contributed by atoms with van der Waals surface area (Å²) in [4.78, 5) is 24.5. The van der Waals surface area contributed by atoms with Crippen LogP contribution in [0.1, 0.15) is 55.2 Å². The van der Waals surface area contributed by atoms with E-state index in [4.69, 9.17) is 4.74 Å². The average molecular weight is 437 g/mol. The van der Waals surface area contributed by atoms with E-state index >= 15 is 0 Å². The SMILES string of the molecule is COc1cc2c(cc1-c1cnn(C(C)C)c1)CN(C(C)C)n1cc(C(=O)O)c(=O)c(C)c1-2. The van der Waals surface area contributed by atoms with E-state index < -0.39 is 11.4 Å². The molecule has 0 atom stereocenters. The molecule has 32 heavy (non-hydrogen) atoms. The summed E-state index contributed by atoms with van der Waals surface area (Å²) in [6, 6.07) is 4.35. The third-order valence-corrected chi connectivity index (χ3v) is 5.98. The van der Waals surface area contributed by atoms with Gasteiger partial charge in [-0.15, -0.1) is 0 Å². The van der Waals surface area contributed by atoms with Crippen LogP contribution in [0.3, 0.4) is 0 Å². The van der Waals surface area contributed by atoms with Crippen molar-refractivity contribution in [2.75, 3.05) is 12.1 Å². The topological polar surface area (TPSA) is 89.6 Å². The molecular formula is C24H28N4O4. The summed E-state index contributed by atoms with van der Waals surface area (Å²) in [5.74, 6) is -0.552. The van der Waals surface area contributed by atoms with Crippen LogP contribution >= 0.6 is 0 Å². The molecule has 0 saturated carbocycles. The number of carboxylic acids is 1. The maximum Gasteiger partial charge on any atom is 0.341 e. The summed E-state index contributed by atoms with van der Waals surface area (Å²) in [6.07, 6.45) is 5.26. The van der Waals surface area contributed by atoms with Gasteiger partial charge in [-0.3, -0.25) is 14.2 Å². The smallest absolute Gasteiger partial charge is 0.341 e. The highest BCUT2D eigenvalue weighted by Gasteiger charge is 2.29. The van der Waals surface area contributed by atoms with E-state index in [-0.39, 0.29) is 17.6 Å². The number of hydrogen-bond donors (Lipinski definition) is 1. The lowest BCUT2D eigenvalue weighted by atomic mass is 9.93. The molecule has 0 fully saturated rings. The number of aromatic nitrogens is 3. The van der Waals surface area contributed by atoms with Crippen LogP contribution in [0.25, 0.3) is 22.4 Å². The summed E-state index contributed by atoms with van der Waals surface area (Å²) in [5, 5.41) is 16.1. The van der Waals surface area contributed by atoms with Gasteiger partial charge in [0.1, 0.15) is 11.3 Å². The number of hydrogen-bond acceptors (Lipinski definition) is 5. The molecule has 0 aliphatic carbocycles. The highest BCUT2D eigenvalue weighted by molar-refractivity contribution is 5.89. The first-order valence-electron chi connectivity index (χ1n) is 10.7. The van der Waals surface area contributed by atoms with Crippen molar-refractivity contribution < 1.29 is 14.6 Å². The molecule has 168 valence electrons. The molecule has 1 aliphatic heterocycles. The van der Waals surface area contributed by atoms with Gasteiger partial charge in [-0.05, 0) is 52.3 Å². The Kier molecular flexibility index (Phi) is 5.32. The Labute approximate surface area is 186 Å². The van der Waals surface area contributed by atoms with Crippen molar-refractivity contribution in [3.8, 4) is 28.1 Å². The maximum absolute atomic E-state index is 12.8. The lowest BCUT2D eigenvalue weighted by molar-refractivity contribution is 0.0694. The first-order chi connectivity index (χ1) is 15.1. The molecule has 1 aliphatic rings. The van der Waals surface area contributed by atoms with Crippen LogP contribution in [0.15, 0.2) is 35.5 Å². The number of nitrogens with zero attached hydrogens (tertiary/aromatic N) is 4. The van der Waals surface area contributed by atoms with Crippen LogP contribution in [0.2, 0.25) is 0 Å². The Bertz CT molecular complexity index is 1270. The normalized spacial score (nSPS) is 12.8. The minimum Gasteiger partial charge on any atom is -0.496 e. The molecule has 0 unspecified atom stereocenters. The average Bonchev–Trinajstić information content (AvgIpc) is 3.24. The van der Waals surface area contributed by atoms with Gasteiger partial charge >= 0.3 is 5.97 Å². The number of rotatable bonds is 5. The van der Waals surface area contributed by atoms with Crippen LogP contribution in [-0.4, -0.2) is 38.7 Å². The molecule has 3 heterocycles. The highest BCUT2D eigenvalue weighted by Crippen LogP contribution is 2.40. The van der Waals surface area contributed by atoms with Crippen molar-refractivity contribution in [2.24, 2.45) is 0 Å². The summed E-state index contributed by atoms with van der Waals surface area (Å²) in [7, 11) is 1.62. The zero-order chi connectivity index (χ0) is 23.3. The minimum absolute atomic E-state index is 0.0830. The lowest BCUT2D eigenvalue weighted by Gasteiger charge is -2.39. The summed E-state index contributed by atoms with van der Waals surface area (Å²) in [5.41, 5.74) is 4.18. The molecular weight excluding hydrogens is 408 g/mol. The fourth-order valence-corrected chi connectivity index (χ4v) is 4.22. The fraction of sp³-hybridized carbons (Fsp3) is 0.375. The van der Waals surface area contributed by atoms with Crippen molar-refractivity contribution in [2.45, 2.75) is 53.2 Å². The highest BCUT2D eigenvalue weighted by atomic mass is 16.5. The van der Waals surface area contributed by atoms with Gasteiger partial charge in [0, 0.05) is 46.7 Å². The summed E-state index contributed by atoms with van der Waals surface area (Å²) in [6.45, 7) is 10.5. The van der Waals surface area contributed by atoms with Gasteiger partial charge in [-0.1, -0.05) is 0 Å². The van der Waals surface area contributed by atoms with E-state index in [9.17, 15) is 14.7 Å². The number of fused-ring (bicyclic) bond motifs is 3. The molecule has 8 nitrogen and oxygen atoms in total. The van der Waals surface area contributed by atoms with Crippen LogP contribution in [0.5, 0.6) is 5.75 Å². The Morgan fingerprint density at radius 3 is 2.41 bits per heavy atom. The van der Waals surface area contributed by atoms with Crippen molar-refractivity contribution in [3.05, 3.63) is 57.6 Å². The Morgan fingerprint density at radius 2 is 1.84 bits per heavy atom. The molecule has 0 amide bonds. The zero-order valence-corrected chi connectivity index (χ0v) is 19.2. The van der Waals surface area contributed by atoms with Crippen LogP contribution in [-0.2, 0) is 6.54 Å². The zero-order valence-electron chi connectivity index (χ0n) is 19.2. The minimum atomic E-state index is -1.22. The quantitative estimate of drug-likeness (QED) is 0.654. The van der Waals surface area contributed by atoms with Gasteiger partial charge in [-0.25, -0.2) is 4.79 Å². The van der Waals surface area contributed by atoms with E-state index in [0.29, 0.717) is 23.6 Å². The van der Waals surface area contributed by atoms with Crippen molar-refractivity contribution in [1.82, 2.24) is 14.5 Å². The van der Waals surface area contributed by atoms with E-state index in [0.717, 1.165) is 22.3 Å². The molecule has 0 spiro atoms. The van der Waals surface area contributed by atoms with Crippen LogP contribution < -0.4 is 15.2 Å². The van der Waals surface area contributed by atoms with Crippen molar-refractivity contribution in [1.29, 1.82) is 0 Å².